The van der Waals surface area contributed by atoms with Crippen LogP contribution in [-0.2, 0) is 19.6 Å². The second kappa shape index (κ2) is 9.34. The first-order chi connectivity index (χ1) is 14.2. The van der Waals surface area contributed by atoms with Crippen molar-refractivity contribution in [2.45, 2.75) is 30.8 Å². The van der Waals surface area contributed by atoms with E-state index >= 15 is 0 Å². The molecular formula is C20H20Cl2N2O5S. The number of hydrogen-bond acceptors (Lipinski definition) is 5. The molecule has 0 aliphatic carbocycles. The number of carbonyl (C=O) groups excluding carboxylic acids is 2. The summed E-state index contributed by atoms with van der Waals surface area (Å²) in [6.07, 6.45) is 0.576. The third kappa shape index (κ3) is 5.13. The van der Waals surface area contributed by atoms with Gasteiger partial charge in [0.2, 0.25) is 10.0 Å². The normalized spacial score (nSPS) is 15.6. The highest BCUT2D eigenvalue weighted by atomic mass is 35.5. The number of halogens is 2. The molecule has 0 saturated carbocycles. The first kappa shape index (κ1) is 22.6. The van der Waals surface area contributed by atoms with Gasteiger partial charge in [-0.05, 0) is 62.2 Å². The summed E-state index contributed by atoms with van der Waals surface area (Å²) in [5, 5.41) is 3.24. The number of benzene rings is 2. The van der Waals surface area contributed by atoms with Crippen molar-refractivity contribution in [1.29, 1.82) is 0 Å². The standard InChI is InChI=1S/C20H20Cl2N2O5S/c1-13(19(25)23-18-9-6-15(21)12-17(18)22)29-20(26)14-4-7-16(8-5-14)30(27,28)24-10-2-3-11-24/h4-9,12-13H,2-3,10-11H2,1H3,(H,23,25)/t13-/m0/s1. The minimum atomic E-state index is -3.56. The number of anilines is 1. The Morgan fingerprint density at radius 3 is 2.30 bits per heavy atom. The topological polar surface area (TPSA) is 92.8 Å². The van der Waals surface area contributed by atoms with Crippen molar-refractivity contribution < 1.29 is 22.7 Å². The fraction of sp³-hybridized carbons (Fsp3) is 0.300. The zero-order chi connectivity index (χ0) is 21.9. The zero-order valence-electron chi connectivity index (χ0n) is 16.1. The number of nitrogens with one attached hydrogen (secondary N) is 1. The van der Waals surface area contributed by atoms with Crippen LogP contribution in [0.1, 0.15) is 30.1 Å². The van der Waals surface area contributed by atoms with Crippen LogP contribution in [0.15, 0.2) is 47.4 Å². The van der Waals surface area contributed by atoms with Crippen molar-refractivity contribution in [1.82, 2.24) is 4.31 Å². The SMILES string of the molecule is C[C@H](OC(=O)c1ccc(S(=O)(=O)N2CCCC2)cc1)C(=O)Nc1ccc(Cl)cc1Cl. The number of esters is 1. The van der Waals surface area contributed by atoms with Gasteiger partial charge in [-0.3, -0.25) is 4.79 Å². The summed E-state index contributed by atoms with van der Waals surface area (Å²) in [7, 11) is -3.56. The Morgan fingerprint density at radius 2 is 1.70 bits per heavy atom. The van der Waals surface area contributed by atoms with E-state index in [1.54, 1.807) is 6.07 Å². The van der Waals surface area contributed by atoms with Gasteiger partial charge in [-0.1, -0.05) is 23.2 Å². The van der Waals surface area contributed by atoms with Crippen molar-refractivity contribution in [2.75, 3.05) is 18.4 Å². The smallest absolute Gasteiger partial charge is 0.338 e. The van der Waals surface area contributed by atoms with Crippen LogP contribution in [0.25, 0.3) is 0 Å². The van der Waals surface area contributed by atoms with E-state index in [-0.39, 0.29) is 15.5 Å². The number of sulfonamides is 1. The van der Waals surface area contributed by atoms with Crippen molar-refractivity contribution in [3.63, 3.8) is 0 Å². The highest BCUT2D eigenvalue weighted by Crippen LogP contribution is 2.26. The fourth-order valence-corrected chi connectivity index (χ4v) is 4.92. The van der Waals surface area contributed by atoms with Gasteiger partial charge in [-0.25, -0.2) is 13.2 Å². The number of carbonyl (C=O) groups is 2. The fourth-order valence-electron chi connectivity index (χ4n) is 2.95. The summed E-state index contributed by atoms with van der Waals surface area (Å²) in [5.74, 6) is -1.31. The van der Waals surface area contributed by atoms with Gasteiger partial charge in [0.15, 0.2) is 6.10 Å². The lowest BCUT2D eigenvalue weighted by Crippen LogP contribution is -2.30. The maximum atomic E-state index is 12.5. The summed E-state index contributed by atoms with van der Waals surface area (Å²) in [6, 6.07) is 10.0. The first-order valence-corrected chi connectivity index (χ1v) is 11.4. The van der Waals surface area contributed by atoms with E-state index in [1.165, 1.54) is 47.6 Å². The molecule has 1 N–H and O–H groups in total. The molecular weight excluding hydrogens is 451 g/mol. The highest BCUT2D eigenvalue weighted by Gasteiger charge is 2.27. The van der Waals surface area contributed by atoms with E-state index in [4.69, 9.17) is 27.9 Å². The third-order valence-electron chi connectivity index (χ3n) is 4.63. The maximum absolute atomic E-state index is 12.5. The molecule has 160 valence electrons. The van der Waals surface area contributed by atoms with Gasteiger partial charge in [0, 0.05) is 18.1 Å². The molecule has 0 aromatic heterocycles. The van der Waals surface area contributed by atoms with Crippen LogP contribution < -0.4 is 5.32 Å². The average molecular weight is 471 g/mol. The summed E-state index contributed by atoms with van der Waals surface area (Å²) in [5.41, 5.74) is 0.477. The van der Waals surface area contributed by atoms with Gasteiger partial charge >= 0.3 is 5.97 Å². The Hall–Kier alpha value is -2.13. The van der Waals surface area contributed by atoms with Crippen LogP contribution in [-0.4, -0.2) is 43.8 Å². The Balaban J connectivity index is 1.63. The van der Waals surface area contributed by atoms with Gasteiger partial charge in [0.25, 0.3) is 5.91 Å². The molecule has 1 fully saturated rings. The first-order valence-electron chi connectivity index (χ1n) is 9.25. The van der Waals surface area contributed by atoms with Gasteiger partial charge in [0.05, 0.1) is 21.2 Å². The summed E-state index contributed by atoms with van der Waals surface area (Å²) < 4.78 is 31.7. The van der Waals surface area contributed by atoms with E-state index in [2.05, 4.69) is 5.32 Å². The number of ether oxygens (including phenoxy) is 1. The molecule has 10 heteroatoms. The summed E-state index contributed by atoms with van der Waals surface area (Å²) >= 11 is 11.8. The number of nitrogens with zero attached hydrogens (tertiary/aromatic N) is 1. The van der Waals surface area contributed by atoms with Gasteiger partial charge in [-0.2, -0.15) is 4.31 Å². The molecule has 2 aromatic carbocycles. The van der Waals surface area contributed by atoms with E-state index in [9.17, 15) is 18.0 Å². The van der Waals surface area contributed by atoms with E-state index in [1.807, 2.05) is 0 Å². The monoisotopic (exact) mass is 470 g/mol. The number of rotatable bonds is 6. The van der Waals surface area contributed by atoms with Crippen LogP contribution in [0.3, 0.4) is 0 Å². The summed E-state index contributed by atoms with van der Waals surface area (Å²) in [6.45, 7) is 2.41. The highest BCUT2D eigenvalue weighted by molar-refractivity contribution is 7.89. The quantitative estimate of drug-likeness (QED) is 0.644. The second-order valence-corrected chi connectivity index (χ2v) is 9.58. The molecule has 7 nitrogen and oxygen atoms in total. The van der Waals surface area contributed by atoms with E-state index in [0.29, 0.717) is 23.8 Å². The predicted molar refractivity (Wildman–Crippen MR) is 114 cm³/mol. The molecule has 30 heavy (non-hydrogen) atoms. The molecule has 1 amide bonds. The van der Waals surface area contributed by atoms with E-state index in [0.717, 1.165) is 12.8 Å². The molecule has 0 spiro atoms. The molecule has 1 aliphatic heterocycles. The Bertz CT molecular complexity index is 1050. The largest absolute Gasteiger partial charge is 0.449 e. The van der Waals surface area contributed by atoms with Gasteiger partial charge in [0.1, 0.15) is 0 Å². The minimum Gasteiger partial charge on any atom is -0.449 e. The van der Waals surface area contributed by atoms with Gasteiger partial charge in [-0.15, -0.1) is 0 Å². The molecule has 1 saturated heterocycles. The molecule has 2 aromatic rings. The Labute approximate surface area is 185 Å². The maximum Gasteiger partial charge on any atom is 0.338 e. The zero-order valence-corrected chi connectivity index (χ0v) is 18.4. The Kier molecular flexibility index (Phi) is 7.02. The van der Waals surface area contributed by atoms with Crippen LogP contribution in [0.4, 0.5) is 5.69 Å². The van der Waals surface area contributed by atoms with Crippen LogP contribution >= 0.6 is 23.2 Å². The number of hydrogen-bond donors (Lipinski definition) is 1. The lowest BCUT2D eigenvalue weighted by Gasteiger charge is -2.16. The van der Waals surface area contributed by atoms with Crippen LogP contribution in [0.5, 0.6) is 0 Å². The molecule has 0 unspecified atom stereocenters. The lowest BCUT2D eigenvalue weighted by atomic mass is 10.2. The summed E-state index contributed by atoms with van der Waals surface area (Å²) in [4.78, 5) is 24.7. The van der Waals surface area contributed by atoms with Crippen LogP contribution in [0, 0.1) is 0 Å². The van der Waals surface area contributed by atoms with Crippen LogP contribution in [0.2, 0.25) is 10.0 Å². The van der Waals surface area contributed by atoms with Crippen molar-refractivity contribution in [3.8, 4) is 0 Å². The molecule has 0 radical (unpaired) electrons. The molecule has 3 rings (SSSR count). The van der Waals surface area contributed by atoms with E-state index < -0.39 is 28.0 Å². The molecule has 0 bridgehead atoms. The van der Waals surface area contributed by atoms with Crippen molar-refractivity contribution >= 4 is 50.8 Å². The third-order valence-corrected chi connectivity index (χ3v) is 7.10. The predicted octanol–water partition coefficient (Wildman–Crippen LogP) is 3.96. The number of amides is 1. The average Bonchev–Trinajstić information content (AvgIpc) is 3.26. The molecule has 1 heterocycles. The van der Waals surface area contributed by atoms with Gasteiger partial charge < -0.3 is 10.1 Å². The lowest BCUT2D eigenvalue weighted by molar-refractivity contribution is -0.123. The molecule has 1 atom stereocenters. The Morgan fingerprint density at radius 1 is 1.07 bits per heavy atom. The second-order valence-electron chi connectivity index (χ2n) is 6.80. The minimum absolute atomic E-state index is 0.115. The van der Waals surface area contributed by atoms with Crippen molar-refractivity contribution in [2.24, 2.45) is 0 Å². The van der Waals surface area contributed by atoms with Crippen molar-refractivity contribution in [3.05, 3.63) is 58.1 Å². The molecule has 1 aliphatic rings.